The topological polar surface area (TPSA) is 62.7 Å². The van der Waals surface area contributed by atoms with Crippen molar-refractivity contribution in [1.82, 2.24) is 9.88 Å². The molecule has 1 aliphatic rings. The third kappa shape index (κ3) is 3.95. The van der Waals surface area contributed by atoms with Gasteiger partial charge in [-0.1, -0.05) is 11.6 Å². The van der Waals surface area contributed by atoms with E-state index in [0.717, 1.165) is 28.0 Å². The third-order valence-corrected chi connectivity index (χ3v) is 5.51. The van der Waals surface area contributed by atoms with Crippen LogP contribution >= 0.6 is 11.6 Å². The molecule has 1 fully saturated rings. The molecule has 1 aliphatic heterocycles. The highest BCUT2D eigenvalue weighted by Crippen LogP contribution is 2.35. The van der Waals surface area contributed by atoms with Crippen molar-refractivity contribution in [2.24, 2.45) is 0 Å². The Balaban J connectivity index is 1.65. The number of halogens is 4. The minimum atomic E-state index is -4.84. The molecule has 0 aliphatic carbocycles. The number of carbonyl (C=O) groups is 2. The molecule has 0 N–H and O–H groups in total. The van der Waals surface area contributed by atoms with Crippen molar-refractivity contribution in [2.75, 3.05) is 4.90 Å². The fourth-order valence-electron chi connectivity index (χ4n) is 3.61. The maximum atomic E-state index is 13.2. The highest BCUT2D eigenvalue weighted by molar-refractivity contribution is 6.31. The summed E-state index contributed by atoms with van der Waals surface area (Å²) in [5, 5.41) is 1.26. The Kier molecular flexibility index (Phi) is 5.24. The zero-order valence-electron chi connectivity index (χ0n) is 17.0. The summed E-state index contributed by atoms with van der Waals surface area (Å²) < 4.78 is 41.1. The largest absolute Gasteiger partial charge is 0.573 e. The van der Waals surface area contributed by atoms with Crippen LogP contribution in [-0.4, -0.2) is 33.7 Å². The molecule has 166 valence electrons. The maximum absolute atomic E-state index is 13.2. The number of alkyl halides is 3. The second-order valence-electron chi connectivity index (χ2n) is 7.74. The molecule has 2 heterocycles. The van der Waals surface area contributed by atoms with Gasteiger partial charge in [0.1, 0.15) is 11.3 Å². The monoisotopic (exact) mass is 463 g/mol. The van der Waals surface area contributed by atoms with Gasteiger partial charge in [0.15, 0.2) is 0 Å². The van der Waals surface area contributed by atoms with Crippen LogP contribution in [-0.2, 0) is 11.3 Å². The first-order valence-electron chi connectivity index (χ1n) is 9.52. The average Bonchev–Trinajstić information content (AvgIpc) is 2.87. The number of hydrogen-bond donors (Lipinski definition) is 0. The van der Waals surface area contributed by atoms with Crippen molar-refractivity contribution < 1.29 is 27.5 Å². The lowest BCUT2D eigenvalue weighted by Gasteiger charge is -2.28. The van der Waals surface area contributed by atoms with Crippen LogP contribution in [0, 0.1) is 0 Å². The number of ether oxygens (including phenoxy) is 1. The summed E-state index contributed by atoms with van der Waals surface area (Å²) >= 11 is 6.12. The van der Waals surface area contributed by atoms with E-state index >= 15 is 0 Å². The Morgan fingerprint density at radius 3 is 2.41 bits per heavy atom. The number of amides is 3. The summed E-state index contributed by atoms with van der Waals surface area (Å²) in [7, 11) is 0. The molecule has 0 radical (unpaired) electrons. The van der Waals surface area contributed by atoms with Crippen molar-refractivity contribution >= 4 is 40.1 Å². The van der Waals surface area contributed by atoms with E-state index < -0.39 is 29.6 Å². The Hall–Kier alpha value is -3.33. The van der Waals surface area contributed by atoms with Crippen LogP contribution in [0.1, 0.15) is 19.4 Å². The van der Waals surface area contributed by atoms with Gasteiger partial charge in [0.2, 0.25) is 0 Å². The molecule has 1 aromatic heterocycles. The highest BCUT2D eigenvalue weighted by Gasteiger charge is 2.51. The molecule has 3 amide bonds. The summed E-state index contributed by atoms with van der Waals surface area (Å²) in [6, 6.07) is 11.0. The second-order valence-corrected chi connectivity index (χ2v) is 8.18. The Bertz CT molecular complexity index is 1210. The molecular weight excluding hydrogens is 447 g/mol. The first kappa shape index (κ1) is 21.9. The summed E-state index contributed by atoms with van der Waals surface area (Å²) in [5.41, 5.74) is 0.405. The van der Waals surface area contributed by atoms with E-state index in [-0.39, 0.29) is 12.2 Å². The van der Waals surface area contributed by atoms with Gasteiger partial charge < -0.3 is 9.64 Å². The third-order valence-electron chi connectivity index (χ3n) is 5.27. The summed E-state index contributed by atoms with van der Waals surface area (Å²) in [6.45, 7) is 3.35. The molecule has 6 nitrogen and oxygen atoms in total. The van der Waals surface area contributed by atoms with E-state index in [1.807, 2.05) is 0 Å². The predicted molar refractivity (Wildman–Crippen MR) is 112 cm³/mol. The number of anilines is 1. The summed E-state index contributed by atoms with van der Waals surface area (Å²) in [4.78, 5) is 33.0. The number of nitrogens with zero attached hydrogens (tertiary/aromatic N) is 3. The molecule has 0 atom stereocenters. The van der Waals surface area contributed by atoms with Crippen LogP contribution in [0.3, 0.4) is 0 Å². The number of hydrogen-bond acceptors (Lipinski definition) is 4. The van der Waals surface area contributed by atoms with Gasteiger partial charge >= 0.3 is 12.4 Å². The number of benzene rings is 2. The van der Waals surface area contributed by atoms with Crippen LogP contribution in [0.2, 0.25) is 5.02 Å². The lowest BCUT2D eigenvalue weighted by Crippen LogP contribution is -2.43. The molecule has 3 aromatic rings. The van der Waals surface area contributed by atoms with Crippen molar-refractivity contribution in [3.8, 4) is 5.75 Å². The second kappa shape index (κ2) is 7.67. The fraction of sp³-hybridized carbons (Fsp3) is 0.227. The Morgan fingerprint density at radius 1 is 1.06 bits per heavy atom. The smallest absolute Gasteiger partial charge is 0.406 e. The molecular formula is C22H17ClF3N3O3. The molecule has 2 aromatic carbocycles. The average molecular weight is 464 g/mol. The van der Waals surface area contributed by atoms with E-state index in [0.29, 0.717) is 10.5 Å². The molecule has 32 heavy (non-hydrogen) atoms. The lowest BCUT2D eigenvalue weighted by atomic mass is 10.0. The van der Waals surface area contributed by atoms with Crippen molar-refractivity contribution in [3.05, 3.63) is 65.3 Å². The highest BCUT2D eigenvalue weighted by atomic mass is 35.5. The minimum Gasteiger partial charge on any atom is -0.406 e. The van der Waals surface area contributed by atoms with Gasteiger partial charge in [-0.25, -0.2) is 9.69 Å². The van der Waals surface area contributed by atoms with E-state index in [9.17, 15) is 22.8 Å². The Morgan fingerprint density at radius 2 is 1.75 bits per heavy atom. The van der Waals surface area contributed by atoms with Crippen molar-refractivity contribution in [2.45, 2.75) is 32.3 Å². The number of imide groups is 1. The normalized spacial score (nSPS) is 16.2. The van der Waals surface area contributed by atoms with E-state index in [1.54, 1.807) is 44.3 Å². The van der Waals surface area contributed by atoms with E-state index in [2.05, 4.69) is 9.72 Å². The minimum absolute atomic E-state index is 0.114. The van der Waals surface area contributed by atoms with Gasteiger partial charge in [-0.2, -0.15) is 0 Å². The van der Waals surface area contributed by atoms with Crippen LogP contribution in [0.4, 0.5) is 23.7 Å². The van der Waals surface area contributed by atoms with E-state index in [4.69, 9.17) is 11.6 Å². The number of aromatic nitrogens is 1. The zero-order chi connectivity index (χ0) is 23.3. The lowest BCUT2D eigenvalue weighted by molar-refractivity contribution is -0.274. The molecule has 0 spiro atoms. The Labute approximate surface area is 186 Å². The molecule has 0 saturated carbocycles. The van der Waals surface area contributed by atoms with Gasteiger partial charge in [0.05, 0.1) is 11.2 Å². The molecule has 0 unspecified atom stereocenters. The van der Waals surface area contributed by atoms with Gasteiger partial charge in [0.25, 0.3) is 5.91 Å². The first-order valence-corrected chi connectivity index (χ1v) is 9.90. The van der Waals surface area contributed by atoms with Gasteiger partial charge in [-0.05, 0) is 67.9 Å². The molecule has 1 saturated heterocycles. The molecule has 10 heteroatoms. The molecule has 0 bridgehead atoms. The van der Waals surface area contributed by atoms with E-state index in [1.165, 1.54) is 17.0 Å². The van der Waals surface area contributed by atoms with Crippen LogP contribution in [0.5, 0.6) is 5.75 Å². The number of pyridine rings is 1. The first-order chi connectivity index (χ1) is 15.0. The standard InChI is InChI=1S/C22H17ClF3N3O3/c1-21(2)19(30)29(15-4-6-16(7-5-15)32-22(24,25)26)20(31)28(21)12-13-9-10-27-18-8-3-14(23)11-17(13)18/h3-11H,12H2,1-2H3. The number of urea groups is 1. The van der Waals surface area contributed by atoms with Gasteiger partial charge in [0, 0.05) is 23.2 Å². The van der Waals surface area contributed by atoms with Crippen LogP contribution in [0.15, 0.2) is 54.7 Å². The summed E-state index contributed by atoms with van der Waals surface area (Å²) in [6.07, 6.45) is -3.23. The SMILES string of the molecule is CC1(C)C(=O)N(c2ccc(OC(F)(F)F)cc2)C(=O)N1Cc1ccnc2ccc(Cl)cc12. The number of carbonyl (C=O) groups excluding carboxylic acids is 2. The maximum Gasteiger partial charge on any atom is 0.573 e. The van der Waals surface area contributed by atoms with Gasteiger partial charge in [-0.3, -0.25) is 9.78 Å². The molecule has 4 rings (SSSR count). The van der Waals surface area contributed by atoms with Crippen LogP contribution in [0.25, 0.3) is 10.9 Å². The van der Waals surface area contributed by atoms with Crippen molar-refractivity contribution in [1.29, 1.82) is 0 Å². The predicted octanol–water partition coefficient (Wildman–Crippen LogP) is 5.53. The number of fused-ring (bicyclic) bond motifs is 1. The van der Waals surface area contributed by atoms with Gasteiger partial charge in [-0.15, -0.1) is 13.2 Å². The van der Waals surface area contributed by atoms with Crippen LogP contribution < -0.4 is 9.64 Å². The summed E-state index contributed by atoms with van der Waals surface area (Å²) in [5.74, 6) is -0.944. The fourth-order valence-corrected chi connectivity index (χ4v) is 3.78. The quantitative estimate of drug-likeness (QED) is 0.477. The zero-order valence-corrected chi connectivity index (χ0v) is 17.7. The number of rotatable bonds is 4. The van der Waals surface area contributed by atoms with Crippen molar-refractivity contribution in [3.63, 3.8) is 0 Å².